The molecule has 2 N–H and O–H groups in total. The lowest BCUT2D eigenvalue weighted by molar-refractivity contribution is 1.06. The van der Waals surface area contributed by atoms with E-state index in [4.69, 9.17) is 11.6 Å². The van der Waals surface area contributed by atoms with Crippen LogP contribution in [0, 0.1) is 0 Å². The van der Waals surface area contributed by atoms with E-state index in [0.29, 0.717) is 10.7 Å². The maximum Gasteiger partial charge on any atom is 0.291 e. The molecule has 1 heterocycles. The first kappa shape index (κ1) is 9.67. The van der Waals surface area contributed by atoms with Crippen LogP contribution in [-0.2, 0) is 0 Å². The Bertz CT molecular complexity index is 543. The van der Waals surface area contributed by atoms with Gasteiger partial charge in [0.15, 0.2) is 5.69 Å². The molecule has 1 aromatic carbocycles. The SMILES string of the molecule is O=c1[nH][nH]cc1N=Nc1ccccc1Cl. The van der Waals surface area contributed by atoms with Crippen molar-refractivity contribution in [2.45, 2.75) is 0 Å². The second-order valence-corrected chi connectivity index (χ2v) is 3.19. The second kappa shape index (κ2) is 4.10. The quantitative estimate of drug-likeness (QED) is 0.754. The Morgan fingerprint density at radius 1 is 1.13 bits per heavy atom. The molecule has 5 nitrogen and oxygen atoms in total. The van der Waals surface area contributed by atoms with Crippen LogP contribution in [0.5, 0.6) is 0 Å². The van der Waals surface area contributed by atoms with Gasteiger partial charge in [0.1, 0.15) is 5.69 Å². The van der Waals surface area contributed by atoms with Crippen LogP contribution in [0.25, 0.3) is 0 Å². The molecule has 0 unspecified atom stereocenters. The number of halogens is 1. The molecule has 0 amide bonds. The molecule has 2 aromatic rings. The Hall–Kier alpha value is -1.88. The monoisotopic (exact) mass is 222 g/mol. The van der Waals surface area contributed by atoms with Gasteiger partial charge in [0.05, 0.1) is 11.2 Å². The third-order valence-electron chi connectivity index (χ3n) is 1.75. The molecular formula is C9H7ClN4O. The third-order valence-corrected chi connectivity index (χ3v) is 2.06. The van der Waals surface area contributed by atoms with Crippen LogP contribution < -0.4 is 5.56 Å². The zero-order valence-corrected chi connectivity index (χ0v) is 8.32. The lowest BCUT2D eigenvalue weighted by atomic mass is 10.3. The summed E-state index contributed by atoms with van der Waals surface area (Å²) in [5.41, 5.74) is 0.431. The highest BCUT2D eigenvalue weighted by Gasteiger charge is 1.99. The zero-order chi connectivity index (χ0) is 10.7. The highest BCUT2D eigenvalue weighted by Crippen LogP contribution is 2.24. The Morgan fingerprint density at radius 3 is 2.53 bits per heavy atom. The van der Waals surface area contributed by atoms with Gasteiger partial charge in [-0.3, -0.25) is 9.89 Å². The first-order chi connectivity index (χ1) is 7.27. The molecule has 0 aliphatic carbocycles. The third kappa shape index (κ3) is 2.13. The Morgan fingerprint density at radius 2 is 1.87 bits per heavy atom. The van der Waals surface area contributed by atoms with Gasteiger partial charge in [0, 0.05) is 0 Å². The van der Waals surface area contributed by atoms with Gasteiger partial charge in [-0.2, -0.15) is 0 Å². The average molecular weight is 223 g/mol. The number of nitrogens with zero attached hydrogens (tertiary/aromatic N) is 2. The molecule has 15 heavy (non-hydrogen) atoms. The van der Waals surface area contributed by atoms with Crippen molar-refractivity contribution in [3.05, 3.63) is 45.8 Å². The number of rotatable bonds is 2. The van der Waals surface area contributed by atoms with Crippen LogP contribution in [0.4, 0.5) is 11.4 Å². The van der Waals surface area contributed by atoms with Crippen molar-refractivity contribution < 1.29 is 0 Å². The average Bonchev–Trinajstić information content (AvgIpc) is 2.63. The van der Waals surface area contributed by atoms with E-state index >= 15 is 0 Å². The predicted molar refractivity (Wildman–Crippen MR) is 57.0 cm³/mol. The van der Waals surface area contributed by atoms with Crippen molar-refractivity contribution in [3.63, 3.8) is 0 Å². The van der Waals surface area contributed by atoms with Gasteiger partial charge < -0.3 is 5.10 Å². The van der Waals surface area contributed by atoms with Gasteiger partial charge in [-0.1, -0.05) is 23.7 Å². The van der Waals surface area contributed by atoms with Crippen LogP contribution >= 0.6 is 11.6 Å². The van der Waals surface area contributed by atoms with E-state index in [1.807, 2.05) is 0 Å². The van der Waals surface area contributed by atoms with Crippen molar-refractivity contribution in [1.82, 2.24) is 10.2 Å². The van der Waals surface area contributed by atoms with Crippen molar-refractivity contribution >= 4 is 23.0 Å². The topological polar surface area (TPSA) is 73.4 Å². The maximum atomic E-state index is 11.1. The van der Waals surface area contributed by atoms with E-state index in [1.165, 1.54) is 6.20 Å². The van der Waals surface area contributed by atoms with Crippen LogP contribution in [0.2, 0.25) is 5.02 Å². The normalized spacial score (nSPS) is 11.0. The molecule has 76 valence electrons. The summed E-state index contributed by atoms with van der Waals surface area (Å²) in [6.45, 7) is 0. The minimum atomic E-state index is -0.314. The number of azo groups is 1. The molecule has 0 bridgehead atoms. The number of nitrogens with one attached hydrogen (secondary N) is 2. The van der Waals surface area contributed by atoms with Crippen LogP contribution in [0.15, 0.2) is 45.5 Å². The maximum absolute atomic E-state index is 11.1. The fourth-order valence-corrected chi connectivity index (χ4v) is 1.19. The van der Waals surface area contributed by atoms with Crippen molar-refractivity contribution in [2.75, 3.05) is 0 Å². The van der Waals surface area contributed by atoms with Crippen LogP contribution in [0.1, 0.15) is 0 Å². The van der Waals surface area contributed by atoms with Gasteiger partial charge in [-0.15, -0.1) is 10.2 Å². The first-order valence-corrected chi connectivity index (χ1v) is 4.57. The first-order valence-electron chi connectivity index (χ1n) is 4.20. The highest BCUT2D eigenvalue weighted by atomic mass is 35.5. The number of aromatic amines is 2. The Kier molecular flexibility index (Phi) is 2.64. The number of benzene rings is 1. The number of H-pyrrole nitrogens is 2. The van der Waals surface area contributed by atoms with E-state index in [-0.39, 0.29) is 11.2 Å². The molecule has 0 saturated heterocycles. The highest BCUT2D eigenvalue weighted by molar-refractivity contribution is 6.32. The van der Waals surface area contributed by atoms with Gasteiger partial charge in [0.2, 0.25) is 0 Å². The summed E-state index contributed by atoms with van der Waals surface area (Å²) in [4.78, 5) is 11.1. The number of hydrogen-bond donors (Lipinski definition) is 2. The van der Waals surface area contributed by atoms with Gasteiger partial charge in [0.25, 0.3) is 5.56 Å². The minimum Gasteiger partial charge on any atom is -0.303 e. The number of hydrogen-bond acceptors (Lipinski definition) is 3. The summed E-state index contributed by atoms with van der Waals surface area (Å²) < 4.78 is 0. The van der Waals surface area contributed by atoms with Crippen molar-refractivity contribution in [1.29, 1.82) is 0 Å². The standard InChI is InChI=1S/C9H7ClN4O/c10-6-3-1-2-4-7(6)12-13-8-5-11-14-9(8)15/h1-5H,(H2,11,14,15). The Balaban J connectivity index is 2.30. The summed E-state index contributed by atoms with van der Waals surface area (Å²) in [5, 5.41) is 13.0. The van der Waals surface area contributed by atoms with E-state index in [2.05, 4.69) is 20.4 Å². The molecule has 2 rings (SSSR count). The van der Waals surface area contributed by atoms with Gasteiger partial charge in [-0.25, -0.2) is 0 Å². The van der Waals surface area contributed by atoms with Gasteiger partial charge >= 0.3 is 0 Å². The zero-order valence-electron chi connectivity index (χ0n) is 7.57. The summed E-state index contributed by atoms with van der Waals surface area (Å²) in [6.07, 6.45) is 1.43. The smallest absolute Gasteiger partial charge is 0.291 e. The summed E-state index contributed by atoms with van der Waals surface area (Å²) in [6, 6.07) is 7.01. The summed E-state index contributed by atoms with van der Waals surface area (Å²) in [5.74, 6) is 0. The van der Waals surface area contributed by atoms with E-state index in [0.717, 1.165) is 0 Å². The second-order valence-electron chi connectivity index (χ2n) is 2.78. The van der Waals surface area contributed by atoms with E-state index in [1.54, 1.807) is 24.3 Å². The Labute approximate surface area is 89.8 Å². The van der Waals surface area contributed by atoms with Crippen molar-refractivity contribution in [2.24, 2.45) is 10.2 Å². The molecule has 0 radical (unpaired) electrons. The molecule has 0 atom stereocenters. The van der Waals surface area contributed by atoms with Crippen molar-refractivity contribution in [3.8, 4) is 0 Å². The molecule has 0 spiro atoms. The fourth-order valence-electron chi connectivity index (χ4n) is 1.01. The summed E-state index contributed by atoms with van der Waals surface area (Å²) in [7, 11) is 0. The molecule has 0 aliphatic rings. The van der Waals surface area contributed by atoms with Gasteiger partial charge in [-0.05, 0) is 12.1 Å². The minimum absolute atomic E-state index is 0.218. The van der Waals surface area contributed by atoms with Crippen LogP contribution in [0.3, 0.4) is 0 Å². The van der Waals surface area contributed by atoms with Crippen LogP contribution in [-0.4, -0.2) is 10.2 Å². The molecule has 0 aliphatic heterocycles. The number of aromatic nitrogens is 2. The molecule has 0 saturated carbocycles. The molecule has 0 fully saturated rings. The summed E-state index contributed by atoms with van der Waals surface area (Å²) >= 11 is 5.86. The van der Waals surface area contributed by atoms with E-state index in [9.17, 15) is 4.79 Å². The molecule has 1 aromatic heterocycles. The molecular weight excluding hydrogens is 216 g/mol. The van der Waals surface area contributed by atoms with E-state index < -0.39 is 0 Å². The lowest BCUT2D eigenvalue weighted by Crippen LogP contribution is -1.96. The fraction of sp³-hybridized carbons (Fsp3) is 0. The lowest BCUT2D eigenvalue weighted by Gasteiger charge is -1.93. The molecule has 6 heteroatoms. The predicted octanol–water partition coefficient (Wildman–Crippen LogP) is 2.77. The largest absolute Gasteiger partial charge is 0.303 e.